The summed E-state index contributed by atoms with van der Waals surface area (Å²) in [7, 11) is 0. The molecule has 0 saturated carbocycles. The van der Waals surface area contributed by atoms with Crippen LogP contribution in [0.15, 0.2) is 4.52 Å². The Bertz CT molecular complexity index is 494. The highest BCUT2D eigenvalue weighted by Gasteiger charge is 2.43. The van der Waals surface area contributed by atoms with E-state index in [1.165, 1.54) is 4.90 Å². The third-order valence-electron chi connectivity index (χ3n) is 2.95. The van der Waals surface area contributed by atoms with Gasteiger partial charge in [0.05, 0.1) is 0 Å². The summed E-state index contributed by atoms with van der Waals surface area (Å²) in [5, 5.41) is 6.34. The molecule has 1 atom stereocenters. The summed E-state index contributed by atoms with van der Waals surface area (Å²) in [6.45, 7) is 6.87. The van der Waals surface area contributed by atoms with Crippen molar-refractivity contribution in [3.63, 3.8) is 0 Å². The van der Waals surface area contributed by atoms with Crippen molar-refractivity contribution >= 4 is 11.8 Å². The van der Waals surface area contributed by atoms with Crippen LogP contribution in [0, 0.1) is 6.92 Å². The van der Waals surface area contributed by atoms with Gasteiger partial charge in [0.15, 0.2) is 5.82 Å². The quantitative estimate of drug-likeness (QED) is 0.800. The number of nitrogens with one attached hydrogen (secondary N) is 1. The van der Waals surface area contributed by atoms with Gasteiger partial charge in [0.25, 0.3) is 0 Å². The smallest absolute Gasteiger partial charge is 0.248 e. The van der Waals surface area contributed by atoms with Crippen LogP contribution in [0.4, 0.5) is 0 Å². The van der Waals surface area contributed by atoms with E-state index in [1.807, 2.05) is 0 Å². The van der Waals surface area contributed by atoms with Gasteiger partial charge in [0.1, 0.15) is 18.1 Å². The zero-order valence-corrected chi connectivity index (χ0v) is 10.9. The molecule has 18 heavy (non-hydrogen) atoms. The third-order valence-corrected chi connectivity index (χ3v) is 2.95. The first kappa shape index (κ1) is 12.5. The van der Waals surface area contributed by atoms with Crippen LogP contribution in [-0.4, -0.2) is 38.4 Å². The molecule has 2 amide bonds. The Labute approximate surface area is 105 Å². The third kappa shape index (κ3) is 2.07. The first-order valence-electron chi connectivity index (χ1n) is 5.73. The summed E-state index contributed by atoms with van der Waals surface area (Å²) in [5.74, 6) is 0.491. The fourth-order valence-corrected chi connectivity index (χ4v) is 1.90. The zero-order chi connectivity index (χ0) is 13.5. The molecule has 0 radical (unpaired) electrons. The lowest BCUT2D eigenvalue weighted by atomic mass is 9.97. The van der Waals surface area contributed by atoms with E-state index in [0.29, 0.717) is 11.7 Å². The minimum absolute atomic E-state index is 0.150. The first-order valence-corrected chi connectivity index (χ1v) is 5.73. The monoisotopic (exact) mass is 252 g/mol. The van der Waals surface area contributed by atoms with E-state index in [-0.39, 0.29) is 18.4 Å². The molecule has 1 unspecified atom stereocenters. The van der Waals surface area contributed by atoms with E-state index in [1.54, 1.807) is 27.7 Å². The van der Waals surface area contributed by atoms with E-state index in [2.05, 4.69) is 15.5 Å². The highest BCUT2D eigenvalue weighted by atomic mass is 16.5. The van der Waals surface area contributed by atoms with E-state index in [0.717, 1.165) is 0 Å². The van der Waals surface area contributed by atoms with Gasteiger partial charge in [0, 0.05) is 0 Å². The Hall–Kier alpha value is -1.92. The van der Waals surface area contributed by atoms with Crippen molar-refractivity contribution in [2.24, 2.45) is 0 Å². The predicted octanol–water partition coefficient (Wildman–Crippen LogP) is 0.00352. The second-order valence-corrected chi connectivity index (χ2v) is 4.96. The minimum atomic E-state index is -0.904. The largest absolute Gasteiger partial charge is 0.340 e. The molecule has 2 heterocycles. The van der Waals surface area contributed by atoms with Gasteiger partial charge < -0.3 is 14.7 Å². The molecule has 1 N–H and O–H groups in total. The first-order chi connectivity index (χ1) is 8.31. The minimum Gasteiger partial charge on any atom is -0.340 e. The topological polar surface area (TPSA) is 88.3 Å². The van der Waals surface area contributed by atoms with E-state index < -0.39 is 11.6 Å². The molecular weight excluding hydrogens is 236 g/mol. The van der Waals surface area contributed by atoms with Crippen molar-refractivity contribution in [2.45, 2.75) is 45.8 Å². The van der Waals surface area contributed by atoms with Crippen molar-refractivity contribution in [3.8, 4) is 0 Å². The van der Waals surface area contributed by atoms with Crippen LogP contribution in [0.5, 0.6) is 0 Å². The Kier molecular flexibility index (Phi) is 2.84. The van der Waals surface area contributed by atoms with Gasteiger partial charge in [0.2, 0.25) is 17.7 Å². The molecule has 0 aliphatic carbocycles. The summed E-state index contributed by atoms with van der Waals surface area (Å²) in [4.78, 5) is 29.5. The number of aryl methyl sites for hydroxylation is 1. The average molecular weight is 252 g/mol. The maximum absolute atomic E-state index is 12.2. The van der Waals surface area contributed by atoms with Crippen LogP contribution in [0.2, 0.25) is 0 Å². The molecule has 1 aromatic heterocycles. The summed E-state index contributed by atoms with van der Waals surface area (Å²) in [6, 6.07) is -0.544. The van der Waals surface area contributed by atoms with Crippen molar-refractivity contribution in [2.75, 3.05) is 0 Å². The Morgan fingerprint density at radius 3 is 2.67 bits per heavy atom. The van der Waals surface area contributed by atoms with Crippen LogP contribution in [-0.2, 0) is 16.1 Å². The number of rotatable bonds is 2. The van der Waals surface area contributed by atoms with Crippen molar-refractivity contribution in [3.05, 3.63) is 11.7 Å². The van der Waals surface area contributed by atoms with Crippen molar-refractivity contribution in [1.82, 2.24) is 20.4 Å². The SMILES string of the molecule is Cc1noc(CN2C(=O)C(C)(C)NC(=O)C2C)n1. The molecule has 1 aliphatic heterocycles. The molecule has 2 rings (SSSR count). The summed E-state index contributed by atoms with van der Waals surface area (Å²) in [5.41, 5.74) is -0.904. The number of nitrogens with zero attached hydrogens (tertiary/aromatic N) is 3. The fraction of sp³-hybridized carbons (Fsp3) is 0.636. The number of hydrogen-bond acceptors (Lipinski definition) is 5. The second-order valence-electron chi connectivity index (χ2n) is 4.96. The molecular formula is C11H16N4O3. The van der Waals surface area contributed by atoms with Gasteiger partial charge in [-0.15, -0.1) is 0 Å². The van der Waals surface area contributed by atoms with Crippen LogP contribution < -0.4 is 5.32 Å². The molecule has 7 nitrogen and oxygen atoms in total. The Morgan fingerprint density at radius 2 is 2.11 bits per heavy atom. The van der Waals surface area contributed by atoms with Gasteiger partial charge in [-0.1, -0.05) is 5.16 Å². The standard InChI is InChI=1S/C11H16N4O3/c1-6-9(16)13-11(3,4)10(17)15(6)5-8-12-7(2)14-18-8/h6H,5H2,1-4H3,(H,13,16). The van der Waals surface area contributed by atoms with Crippen LogP contribution in [0.3, 0.4) is 0 Å². The van der Waals surface area contributed by atoms with Crippen molar-refractivity contribution in [1.29, 1.82) is 0 Å². The van der Waals surface area contributed by atoms with Crippen LogP contribution in [0.1, 0.15) is 32.5 Å². The van der Waals surface area contributed by atoms with Gasteiger partial charge in [-0.2, -0.15) is 4.98 Å². The fourth-order valence-electron chi connectivity index (χ4n) is 1.90. The van der Waals surface area contributed by atoms with E-state index in [9.17, 15) is 9.59 Å². The lowest BCUT2D eigenvalue weighted by Crippen LogP contribution is -2.67. The molecule has 0 bridgehead atoms. The molecule has 1 aliphatic rings. The summed E-state index contributed by atoms with van der Waals surface area (Å²) < 4.78 is 4.98. The summed E-state index contributed by atoms with van der Waals surface area (Å²) >= 11 is 0. The zero-order valence-electron chi connectivity index (χ0n) is 10.9. The highest BCUT2D eigenvalue weighted by Crippen LogP contribution is 2.19. The van der Waals surface area contributed by atoms with E-state index >= 15 is 0 Å². The predicted molar refractivity (Wildman–Crippen MR) is 61.3 cm³/mol. The molecule has 0 spiro atoms. The molecule has 1 fully saturated rings. The molecule has 0 aromatic carbocycles. The molecule has 7 heteroatoms. The average Bonchev–Trinajstić information content (AvgIpc) is 2.67. The van der Waals surface area contributed by atoms with Crippen LogP contribution >= 0.6 is 0 Å². The van der Waals surface area contributed by atoms with Gasteiger partial charge >= 0.3 is 0 Å². The lowest BCUT2D eigenvalue weighted by molar-refractivity contribution is -0.153. The Balaban J connectivity index is 2.23. The van der Waals surface area contributed by atoms with Gasteiger partial charge in [-0.05, 0) is 27.7 Å². The van der Waals surface area contributed by atoms with Gasteiger partial charge in [-0.3, -0.25) is 9.59 Å². The number of piperazine rings is 1. The maximum Gasteiger partial charge on any atom is 0.248 e. The highest BCUT2D eigenvalue weighted by molar-refractivity contribution is 5.98. The lowest BCUT2D eigenvalue weighted by Gasteiger charge is -2.40. The van der Waals surface area contributed by atoms with Gasteiger partial charge in [-0.25, -0.2) is 0 Å². The normalized spacial score (nSPS) is 23.1. The number of carbonyl (C=O) groups excluding carboxylic acids is 2. The second kappa shape index (κ2) is 4.08. The number of aromatic nitrogens is 2. The Morgan fingerprint density at radius 1 is 1.44 bits per heavy atom. The van der Waals surface area contributed by atoms with Crippen LogP contribution in [0.25, 0.3) is 0 Å². The molecule has 1 aromatic rings. The number of hydrogen-bond donors (Lipinski definition) is 1. The number of amides is 2. The van der Waals surface area contributed by atoms with Crippen molar-refractivity contribution < 1.29 is 14.1 Å². The van der Waals surface area contributed by atoms with E-state index in [4.69, 9.17) is 4.52 Å². The number of carbonyl (C=O) groups is 2. The molecule has 98 valence electrons. The molecule has 1 saturated heterocycles. The maximum atomic E-state index is 12.2. The summed E-state index contributed by atoms with van der Waals surface area (Å²) in [6.07, 6.45) is 0.